The first-order chi connectivity index (χ1) is 10.5. The molecule has 0 fully saturated rings. The van der Waals surface area contributed by atoms with E-state index < -0.39 is 5.25 Å². The number of benzene rings is 1. The summed E-state index contributed by atoms with van der Waals surface area (Å²) in [6.45, 7) is 1.71. The zero-order chi connectivity index (χ0) is 16.1. The Morgan fingerprint density at radius 2 is 1.95 bits per heavy atom. The molecule has 0 unspecified atom stereocenters. The van der Waals surface area contributed by atoms with Gasteiger partial charge in [-0.3, -0.25) is 4.79 Å². The lowest BCUT2D eigenvalue weighted by Gasteiger charge is -2.12. The van der Waals surface area contributed by atoms with Gasteiger partial charge in [-0.2, -0.15) is 5.26 Å². The summed E-state index contributed by atoms with van der Waals surface area (Å²) in [5, 5.41) is 11.6. The Hall–Kier alpha value is -2.79. The van der Waals surface area contributed by atoms with Crippen LogP contribution in [0.25, 0.3) is 0 Å². The molecule has 0 bridgehead atoms. The molecule has 0 saturated carbocycles. The molecule has 1 heterocycles. The fourth-order valence-corrected chi connectivity index (χ4v) is 2.45. The summed E-state index contributed by atoms with van der Waals surface area (Å²) in [5.41, 5.74) is 12.1. The lowest BCUT2D eigenvalue weighted by molar-refractivity contribution is -0.115. The predicted octanol–water partition coefficient (Wildman–Crippen LogP) is 1.63. The third-order valence-corrected chi connectivity index (χ3v) is 3.66. The summed E-state index contributed by atoms with van der Waals surface area (Å²) in [6, 6.07) is 10.2. The third-order valence-electron chi connectivity index (χ3n) is 2.70. The number of aromatic nitrogens is 2. The Bertz CT molecular complexity index is 722. The van der Waals surface area contributed by atoms with E-state index in [9.17, 15) is 4.79 Å². The van der Waals surface area contributed by atoms with E-state index in [1.807, 2.05) is 6.07 Å². The van der Waals surface area contributed by atoms with E-state index in [1.54, 1.807) is 31.2 Å². The number of hydrogen-bond acceptors (Lipinski definition) is 7. The number of para-hydroxylation sites is 1. The normalized spacial score (nSPS) is 11.5. The van der Waals surface area contributed by atoms with Crippen LogP contribution in [-0.4, -0.2) is 21.1 Å². The predicted molar refractivity (Wildman–Crippen MR) is 86.0 cm³/mol. The summed E-state index contributed by atoms with van der Waals surface area (Å²) < 4.78 is 0. The van der Waals surface area contributed by atoms with Crippen molar-refractivity contribution in [2.75, 3.05) is 16.8 Å². The number of nitrogens with zero attached hydrogens (tertiary/aromatic N) is 3. The fourth-order valence-electron chi connectivity index (χ4n) is 1.65. The smallest absolute Gasteiger partial charge is 0.237 e. The molecule has 1 amide bonds. The highest BCUT2D eigenvalue weighted by molar-refractivity contribution is 8.00. The molecule has 0 radical (unpaired) electrons. The molecular formula is C14H14N6OS. The Balaban J connectivity index is 2.08. The summed E-state index contributed by atoms with van der Waals surface area (Å²) in [4.78, 5) is 20.2. The maximum atomic E-state index is 12.2. The van der Waals surface area contributed by atoms with E-state index in [4.69, 9.17) is 16.7 Å². The number of carbonyl (C=O) groups excluding carboxylic acids is 1. The van der Waals surface area contributed by atoms with Crippen molar-refractivity contribution in [3.05, 3.63) is 35.9 Å². The molecule has 0 spiro atoms. The van der Waals surface area contributed by atoms with E-state index in [0.29, 0.717) is 16.4 Å². The van der Waals surface area contributed by atoms with Crippen LogP contribution in [0.5, 0.6) is 0 Å². The second-order valence-electron chi connectivity index (χ2n) is 4.41. The minimum Gasteiger partial charge on any atom is -0.383 e. The van der Waals surface area contributed by atoms with Gasteiger partial charge in [-0.25, -0.2) is 9.97 Å². The molecule has 112 valence electrons. The van der Waals surface area contributed by atoms with Crippen LogP contribution in [0.3, 0.4) is 0 Å². The lowest BCUT2D eigenvalue weighted by Crippen LogP contribution is -2.23. The Labute approximate surface area is 131 Å². The molecule has 2 aromatic rings. The Morgan fingerprint density at radius 3 is 2.59 bits per heavy atom. The van der Waals surface area contributed by atoms with Gasteiger partial charge in [0.2, 0.25) is 5.91 Å². The number of thioether (sulfide) groups is 1. The number of rotatable bonds is 4. The largest absolute Gasteiger partial charge is 0.383 e. The van der Waals surface area contributed by atoms with Gasteiger partial charge in [-0.15, -0.1) is 0 Å². The van der Waals surface area contributed by atoms with Crippen LogP contribution in [-0.2, 0) is 4.79 Å². The van der Waals surface area contributed by atoms with Crippen LogP contribution in [0, 0.1) is 11.3 Å². The number of nitrogens with two attached hydrogens (primary N) is 2. The van der Waals surface area contributed by atoms with Crippen molar-refractivity contribution in [1.82, 2.24) is 9.97 Å². The average molecular weight is 314 g/mol. The van der Waals surface area contributed by atoms with Crippen LogP contribution in [0.4, 0.5) is 17.3 Å². The average Bonchev–Trinajstić information content (AvgIpc) is 2.46. The second kappa shape index (κ2) is 6.78. The molecule has 1 atom stereocenters. The molecule has 0 saturated heterocycles. The molecule has 1 aromatic heterocycles. The molecule has 8 heteroatoms. The van der Waals surface area contributed by atoms with Crippen molar-refractivity contribution >= 4 is 35.0 Å². The monoisotopic (exact) mass is 314 g/mol. The molecule has 7 nitrogen and oxygen atoms in total. The Kier molecular flexibility index (Phi) is 4.80. The van der Waals surface area contributed by atoms with E-state index in [0.717, 1.165) is 11.8 Å². The molecule has 22 heavy (non-hydrogen) atoms. The summed E-state index contributed by atoms with van der Waals surface area (Å²) in [7, 11) is 0. The van der Waals surface area contributed by atoms with Crippen LogP contribution in [0.2, 0.25) is 0 Å². The molecule has 5 N–H and O–H groups in total. The minimum atomic E-state index is -0.479. The van der Waals surface area contributed by atoms with Gasteiger partial charge in [0, 0.05) is 6.07 Å². The second-order valence-corrected chi connectivity index (χ2v) is 5.71. The summed E-state index contributed by atoms with van der Waals surface area (Å²) in [6.07, 6.45) is 0. The quantitative estimate of drug-likeness (QED) is 0.577. The standard InChI is InChI=1S/C14H14N6OS/c1-8(22-14-19-11(16)6-12(17)20-14)13(21)18-10-5-3-2-4-9(10)7-15/h2-6,8H,1H3,(H,18,21)(H4,16,17,19,20)/t8-/m1/s1. The molecular weight excluding hydrogens is 300 g/mol. The first-order valence-corrected chi connectivity index (χ1v) is 7.24. The number of carbonyl (C=O) groups is 1. The van der Waals surface area contributed by atoms with Crippen molar-refractivity contribution in [2.24, 2.45) is 0 Å². The third kappa shape index (κ3) is 3.86. The SMILES string of the molecule is C[C@@H](Sc1nc(N)cc(N)n1)C(=O)Nc1ccccc1C#N. The highest BCUT2D eigenvalue weighted by atomic mass is 32.2. The number of anilines is 3. The molecule has 0 aliphatic carbocycles. The van der Waals surface area contributed by atoms with Crippen molar-refractivity contribution in [3.8, 4) is 6.07 Å². The molecule has 0 aliphatic rings. The number of hydrogen-bond donors (Lipinski definition) is 3. The van der Waals surface area contributed by atoms with Crippen molar-refractivity contribution in [3.63, 3.8) is 0 Å². The highest BCUT2D eigenvalue weighted by Crippen LogP contribution is 2.23. The van der Waals surface area contributed by atoms with Gasteiger partial charge in [0.05, 0.1) is 16.5 Å². The zero-order valence-corrected chi connectivity index (χ0v) is 12.6. The topological polar surface area (TPSA) is 131 Å². The lowest BCUT2D eigenvalue weighted by atomic mass is 10.2. The fraction of sp³-hybridized carbons (Fsp3) is 0.143. The summed E-state index contributed by atoms with van der Waals surface area (Å²) >= 11 is 1.14. The molecule has 0 aliphatic heterocycles. The van der Waals surface area contributed by atoms with Crippen molar-refractivity contribution in [2.45, 2.75) is 17.3 Å². The minimum absolute atomic E-state index is 0.248. The molecule has 2 rings (SSSR count). The van der Waals surface area contributed by atoms with Gasteiger partial charge in [0.1, 0.15) is 17.7 Å². The van der Waals surface area contributed by atoms with Crippen LogP contribution >= 0.6 is 11.8 Å². The van der Waals surface area contributed by atoms with Gasteiger partial charge in [0.15, 0.2) is 5.16 Å². The van der Waals surface area contributed by atoms with E-state index in [1.165, 1.54) is 6.07 Å². The maximum absolute atomic E-state index is 12.2. The zero-order valence-electron chi connectivity index (χ0n) is 11.8. The van der Waals surface area contributed by atoms with Gasteiger partial charge in [-0.1, -0.05) is 23.9 Å². The van der Waals surface area contributed by atoms with E-state index in [2.05, 4.69) is 15.3 Å². The van der Waals surface area contributed by atoms with Crippen molar-refractivity contribution < 1.29 is 4.79 Å². The molecule has 1 aromatic carbocycles. The maximum Gasteiger partial charge on any atom is 0.237 e. The number of amides is 1. The number of nitrogen functional groups attached to an aromatic ring is 2. The Morgan fingerprint density at radius 1 is 1.32 bits per heavy atom. The number of nitrogens with one attached hydrogen (secondary N) is 1. The van der Waals surface area contributed by atoms with Crippen LogP contribution in [0.15, 0.2) is 35.5 Å². The first kappa shape index (κ1) is 15.6. The summed E-state index contributed by atoms with van der Waals surface area (Å²) in [5.74, 6) is 0.229. The van der Waals surface area contributed by atoms with Gasteiger partial charge in [0.25, 0.3) is 0 Å². The van der Waals surface area contributed by atoms with E-state index >= 15 is 0 Å². The van der Waals surface area contributed by atoms with Gasteiger partial charge >= 0.3 is 0 Å². The van der Waals surface area contributed by atoms with Gasteiger partial charge < -0.3 is 16.8 Å². The number of nitriles is 1. The van der Waals surface area contributed by atoms with Crippen molar-refractivity contribution in [1.29, 1.82) is 5.26 Å². The van der Waals surface area contributed by atoms with Crippen LogP contribution in [0.1, 0.15) is 12.5 Å². The van der Waals surface area contributed by atoms with Crippen LogP contribution < -0.4 is 16.8 Å². The van der Waals surface area contributed by atoms with Gasteiger partial charge in [-0.05, 0) is 19.1 Å². The highest BCUT2D eigenvalue weighted by Gasteiger charge is 2.17. The van der Waals surface area contributed by atoms with E-state index in [-0.39, 0.29) is 17.5 Å². The first-order valence-electron chi connectivity index (χ1n) is 6.36.